The number of anilines is 2. The number of carbonyl (C=O) groups is 3. The highest BCUT2D eigenvalue weighted by atomic mass is 79.9. The van der Waals surface area contributed by atoms with Crippen molar-refractivity contribution in [2.24, 2.45) is 10.2 Å². The number of nitro benzene ring substituents is 2. The first-order valence-corrected chi connectivity index (χ1v) is 12.2. The molecule has 15 nitrogen and oxygen atoms in total. The van der Waals surface area contributed by atoms with Gasteiger partial charge in [-0.15, -0.1) is 10.2 Å². The topological polar surface area (TPSA) is 196 Å². The van der Waals surface area contributed by atoms with Crippen molar-refractivity contribution in [2.45, 2.75) is 6.92 Å². The second-order valence-corrected chi connectivity index (χ2v) is 8.92. The number of nitrogens with one attached hydrogen (secondary N) is 1. The Morgan fingerprint density at radius 1 is 1.00 bits per heavy atom. The van der Waals surface area contributed by atoms with Gasteiger partial charge in [0.05, 0.1) is 46.0 Å². The minimum atomic E-state index is -0.857. The van der Waals surface area contributed by atoms with Crippen LogP contribution in [0.5, 0.6) is 5.75 Å². The second kappa shape index (κ2) is 13.2. The predicted octanol–water partition coefficient (Wildman–Crippen LogP) is 5.47. The van der Waals surface area contributed by atoms with Crippen LogP contribution in [0.4, 0.5) is 34.1 Å². The number of carbonyl (C=O) groups excluding carboxylic acids is 3. The average Bonchev–Trinajstić information content (AvgIpc) is 2.94. The molecule has 0 unspecified atom stereocenters. The van der Waals surface area contributed by atoms with Crippen molar-refractivity contribution in [1.29, 1.82) is 0 Å². The van der Waals surface area contributed by atoms with Crippen molar-refractivity contribution >= 4 is 67.8 Å². The van der Waals surface area contributed by atoms with E-state index in [0.717, 1.165) is 24.1 Å². The molecule has 41 heavy (non-hydrogen) atoms. The third-order valence-corrected chi connectivity index (χ3v) is 5.98. The lowest BCUT2D eigenvalue weighted by molar-refractivity contribution is -0.393. The summed E-state index contributed by atoms with van der Waals surface area (Å²) in [6.07, 6.45) is 0. The Morgan fingerprint density at radius 3 is 2.24 bits per heavy atom. The summed E-state index contributed by atoms with van der Waals surface area (Å²) in [5.41, 5.74) is -1.29. The lowest BCUT2D eigenvalue weighted by Crippen LogP contribution is -2.36. The highest BCUT2D eigenvalue weighted by molar-refractivity contribution is 9.10. The number of nitrogens with zero attached hydrogens (tertiary/aromatic N) is 5. The number of azo groups is 1. The number of benzene rings is 3. The van der Waals surface area contributed by atoms with Crippen LogP contribution in [0.25, 0.3) is 0 Å². The van der Waals surface area contributed by atoms with Gasteiger partial charge in [0.1, 0.15) is 18.0 Å². The van der Waals surface area contributed by atoms with Gasteiger partial charge in [0.15, 0.2) is 5.69 Å². The Kier molecular flexibility index (Phi) is 9.76. The van der Waals surface area contributed by atoms with Gasteiger partial charge in [0.25, 0.3) is 11.6 Å². The zero-order valence-electron chi connectivity index (χ0n) is 21.7. The van der Waals surface area contributed by atoms with Crippen LogP contribution < -0.4 is 15.0 Å². The summed E-state index contributed by atoms with van der Waals surface area (Å²) in [7, 11) is 2.45. The van der Waals surface area contributed by atoms with Crippen molar-refractivity contribution in [3.8, 4) is 5.75 Å². The number of halogens is 1. The van der Waals surface area contributed by atoms with Crippen molar-refractivity contribution < 1.29 is 33.7 Å². The van der Waals surface area contributed by atoms with Gasteiger partial charge < -0.3 is 14.8 Å². The second-order valence-electron chi connectivity index (χ2n) is 8.07. The lowest BCUT2D eigenvalue weighted by atomic mass is 10.1. The molecule has 3 aromatic rings. The van der Waals surface area contributed by atoms with Crippen molar-refractivity contribution in [3.63, 3.8) is 0 Å². The number of amides is 2. The summed E-state index contributed by atoms with van der Waals surface area (Å²) in [4.78, 5) is 59.9. The van der Waals surface area contributed by atoms with E-state index in [2.05, 4.69) is 31.5 Å². The van der Waals surface area contributed by atoms with Crippen LogP contribution >= 0.6 is 15.9 Å². The molecule has 0 aliphatic carbocycles. The van der Waals surface area contributed by atoms with Crippen LogP contribution in [0.1, 0.15) is 17.3 Å². The molecule has 16 heteroatoms. The molecule has 0 aliphatic heterocycles. The molecule has 0 spiro atoms. The fraction of sp³-hybridized carbons (Fsp3) is 0.160. The number of hydrogen-bond donors (Lipinski definition) is 1. The van der Waals surface area contributed by atoms with E-state index in [0.29, 0.717) is 0 Å². The number of non-ortho nitro benzene ring substituents is 1. The summed E-state index contributed by atoms with van der Waals surface area (Å²) < 4.78 is 10.1. The summed E-state index contributed by atoms with van der Waals surface area (Å²) in [6, 6.07) is 12.5. The van der Waals surface area contributed by atoms with Crippen molar-refractivity contribution in [3.05, 3.63) is 84.9 Å². The fourth-order valence-corrected chi connectivity index (χ4v) is 4.04. The smallest absolute Gasteiger partial charge is 0.325 e. The van der Waals surface area contributed by atoms with E-state index in [1.54, 1.807) is 30.3 Å². The monoisotopic (exact) mass is 628 g/mol. The number of ether oxygens (including phenoxy) is 2. The third kappa shape index (κ3) is 7.24. The van der Waals surface area contributed by atoms with Crippen LogP contribution in [0.3, 0.4) is 0 Å². The standard InChI is InChI=1S/C25H21BrN6O9/c1-14(33)27-18-11-20(30(13-23(34)41-3)25(35)15-7-5-4-6-8-15)22(40-2)12-19(18)28-29-24-17(26)9-16(31(36)37)10-21(24)32(38)39/h4-12H,13H2,1-3H3,(H,27,33). The molecular weight excluding hydrogens is 608 g/mol. The molecule has 0 fully saturated rings. The molecule has 2 amide bonds. The normalized spacial score (nSPS) is 10.6. The number of nitro groups is 2. The molecule has 0 aliphatic rings. The third-order valence-electron chi connectivity index (χ3n) is 5.37. The van der Waals surface area contributed by atoms with Gasteiger partial charge in [-0.3, -0.25) is 39.5 Å². The molecule has 212 valence electrons. The minimum Gasteiger partial charge on any atom is -0.494 e. The summed E-state index contributed by atoms with van der Waals surface area (Å²) in [5.74, 6) is -1.83. The predicted molar refractivity (Wildman–Crippen MR) is 149 cm³/mol. The molecule has 0 atom stereocenters. The first-order chi connectivity index (χ1) is 19.5. The van der Waals surface area contributed by atoms with E-state index in [1.165, 1.54) is 26.2 Å². The largest absolute Gasteiger partial charge is 0.494 e. The van der Waals surface area contributed by atoms with Gasteiger partial charge in [0.2, 0.25) is 5.91 Å². The highest BCUT2D eigenvalue weighted by Crippen LogP contribution is 2.43. The first kappa shape index (κ1) is 30.3. The Bertz CT molecular complexity index is 1560. The first-order valence-electron chi connectivity index (χ1n) is 11.4. The SMILES string of the molecule is COC(=O)CN(C(=O)c1ccccc1)c1cc(NC(C)=O)c(N=Nc2c(Br)cc([N+](=O)[O-])cc2[N+](=O)[O-])cc1OC. The maximum atomic E-state index is 13.4. The molecule has 3 aromatic carbocycles. The maximum Gasteiger partial charge on any atom is 0.325 e. The number of methoxy groups -OCH3 is 2. The highest BCUT2D eigenvalue weighted by Gasteiger charge is 2.27. The van der Waals surface area contributed by atoms with Crippen molar-refractivity contribution in [2.75, 3.05) is 31.0 Å². The summed E-state index contributed by atoms with van der Waals surface area (Å²) in [6.45, 7) is 0.701. The molecular formula is C25H21BrN6O9. The van der Waals surface area contributed by atoms with Crippen LogP contribution in [-0.2, 0) is 14.3 Å². The number of esters is 1. The van der Waals surface area contributed by atoms with E-state index in [9.17, 15) is 34.6 Å². The summed E-state index contributed by atoms with van der Waals surface area (Å²) >= 11 is 3.05. The van der Waals surface area contributed by atoms with Gasteiger partial charge in [0, 0.05) is 24.6 Å². The van der Waals surface area contributed by atoms with Crippen molar-refractivity contribution in [1.82, 2.24) is 0 Å². The van der Waals surface area contributed by atoms with Crippen LogP contribution in [0.2, 0.25) is 0 Å². The average molecular weight is 629 g/mol. The maximum absolute atomic E-state index is 13.4. The quantitative estimate of drug-likeness (QED) is 0.131. The van der Waals surface area contributed by atoms with Crippen LogP contribution in [-0.4, -0.2) is 48.4 Å². The molecule has 0 bridgehead atoms. The van der Waals surface area contributed by atoms with E-state index in [4.69, 9.17) is 9.47 Å². The van der Waals surface area contributed by atoms with Gasteiger partial charge in [-0.2, -0.15) is 0 Å². The summed E-state index contributed by atoms with van der Waals surface area (Å²) in [5, 5.41) is 33.2. The van der Waals surface area contributed by atoms with E-state index < -0.39 is 45.5 Å². The van der Waals surface area contributed by atoms with Gasteiger partial charge in [-0.25, -0.2) is 0 Å². The molecule has 0 aromatic heterocycles. The van der Waals surface area contributed by atoms with E-state index in [1.807, 2.05) is 0 Å². The van der Waals surface area contributed by atoms with Gasteiger partial charge >= 0.3 is 11.7 Å². The molecule has 0 saturated heterocycles. The molecule has 1 N–H and O–H groups in total. The van der Waals surface area contributed by atoms with E-state index >= 15 is 0 Å². The zero-order chi connectivity index (χ0) is 30.3. The minimum absolute atomic E-state index is 0.00784. The lowest BCUT2D eigenvalue weighted by Gasteiger charge is -2.25. The van der Waals surface area contributed by atoms with Gasteiger partial charge in [-0.05, 0) is 34.1 Å². The molecule has 0 heterocycles. The van der Waals surface area contributed by atoms with Crippen LogP contribution in [0, 0.1) is 20.2 Å². The Hall–Kier alpha value is -5.25. The van der Waals surface area contributed by atoms with E-state index in [-0.39, 0.29) is 38.5 Å². The fourth-order valence-electron chi connectivity index (χ4n) is 3.52. The van der Waals surface area contributed by atoms with Crippen LogP contribution in [0.15, 0.2) is 69.3 Å². The number of rotatable bonds is 10. The Labute approximate surface area is 240 Å². The Morgan fingerprint density at radius 2 is 1.68 bits per heavy atom. The molecule has 3 rings (SSSR count). The molecule has 0 radical (unpaired) electrons. The van der Waals surface area contributed by atoms with Gasteiger partial charge in [-0.1, -0.05) is 18.2 Å². The Balaban J connectivity index is 2.20. The zero-order valence-corrected chi connectivity index (χ0v) is 23.3. The molecule has 0 saturated carbocycles. The number of hydrogen-bond acceptors (Lipinski definition) is 11.